The zero-order valence-corrected chi connectivity index (χ0v) is 11.2. The van der Waals surface area contributed by atoms with Crippen molar-refractivity contribution in [3.63, 3.8) is 0 Å². The van der Waals surface area contributed by atoms with Gasteiger partial charge in [0, 0.05) is 6.04 Å². The van der Waals surface area contributed by atoms with E-state index in [4.69, 9.17) is 0 Å². The van der Waals surface area contributed by atoms with Gasteiger partial charge in [-0.15, -0.1) is 0 Å². The van der Waals surface area contributed by atoms with Crippen LogP contribution in [0.1, 0.15) is 56.2 Å². The summed E-state index contributed by atoms with van der Waals surface area (Å²) in [6, 6.07) is 9.36. The Morgan fingerprint density at radius 3 is 2.47 bits per heavy atom. The van der Waals surface area contributed by atoms with Crippen LogP contribution in [-0.2, 0) is 0 Å². The van der Waals surface area contributed by atoms with Crippen LogP contribution in [-0.4, -0.2) is 6.54 Å². The molecule has 1 saturated carbocycles. The molecule has 1 aliphatic carbocycles. The Morgan fingerprint density at radius 2 is 1.82 bits per heavy atom. The van der Waals surface area contributed by atoms with Gasteiger partial charge in [-0.25, -0.2) is 0 Å². The number of nitrogens with one attached hydrogen (secondary N) is 1. The lowest BCUT2D eigenvalue weighted by Crippen LogP contribution is -2.21. The summed E-state index contributed by atoms with van der Waals surface area (Å²) in [6.07, 6.45) is 7.19. The van der Waals surface area contributed by atoms with Gasteiger partial charge in [0.05, 0.1) is 0 Å². The van der Waals surface area contributed by atoms with Crippen molar-refractivity contribution in [2.75, 3.05) is 6.54 Å². The van der Waals surface area contributed by atoms with Crippen molar-refractivity contribution in [2.45, 2.75) is 52.0 Å². The number of hydrogen-bond acceptors (Lipinski definition) is 1. The van der Waals surface area contributed by atoms with E-state index in [0.717, 1.165) is 5.92 Å². The maximum absolute atomic E-state index is 3.65. The predicted molar refractivity (Wildman–Crippen MR) is 74.2 cm³/mol. The van der Waals surface area contributed by atoms with Gasteiger partial charge >= 0.3 is 0 Å². The molecule has 1 aromatic rings. The van der Waals surface area contributed by atoms with Crippen LogP contribution in [0.5, 0.6) is 0 Å². The van der Waals surface area contributed by atoms with Gasteiger partial charge < -0.3 is 5.32 Å². The minimum Gasteiger partial charge on any atom is -0.310 e. The fourth-order valence-corrected chi connectivity index (χ4v) is 2.78. The van der Waals surface area contributed by atoms with Crippen molar-refractivity contribution in [3.05, 3.63) is 35.4 Å². The molecule has 1 nitrogen and oxygen atoms in total. The van der Waals surface area contributed by atoms with Crippen LogP contribution in [0.25, 0.3) is 0 Å². The molecule has 0 heterocycles. The number of aryl methyl sites for hydroxylation is 1. The second kappa shape index (κ2) is 6.20. The topological polar surface area (TPSA) is 12.0 Å². The van der Waals surface area contributed by atoms with E-state index in [1.807, 2.05) is 0 Å². The third-order valence-electron chi connectivity index (χ3n) is 4.06. The Morgan fingerprint density at radius 1 is 1.18 bits per heavy atom. The molecule has 0 aromatic heterocycles. The minimum atomic E-state index is 0.483. The van der Waals surface area contributed by atoms with Crippen LogP contribution >= 0.6 is 0 Å². The number of hydrogen-bond donors (Lipinski definition) is 1. The van der Waals surface area contributed by atoms with E-state index in [0.29, 0.717) is 6.04 Å². The highest BCUT2D eigenvalue weighted by atomic mass is 14.9. The Hall–Kier alpha value is -0.820. The van der Waals surface area contributed by atoms with Gasteiger partial charge in [-0.3, -0.25) is 0 Å². The Balaban J connectivity index is 1.72. The summed E-state index contributed by atoms with van der Waals surface area (Å²) in [7, 11) is 0. The van der Waals surface area contributed by atoms with Crippen LogP contribution in [0.2, 0.25) is 0 Å². The molecular weight excluding hydrogens is 206 g/mol. The van der Waals surface area contributed by atoms with Crippen molar-refractivity contribution in [3.8, 4) is 0 Å². The molecule has 1 aromatic carbocycles. The van der Waals surface area contributed by atoms with E-state index in [9.17, 15) is 0 Å². The molecule has 1 heteroatoms. The summed E-state index contributed by atoms with van der Waals surface area (Å²) < 4.78 is 0. The molecule has 1 fully saturated rings. The van der Waals surface area contributed by atoms with E-state index in [1.54, 1.807) is 0 Å². The van der Waals surface area contributed by atoms with Crippen molar-refractivity contribution in [1.82, 2.24) is 5.32 Å². The van der Waals surface area contributed by atoms with Gasteiger partial charge in [0.1, 0.15) is 0 Å². The van der Waals surface area contributed by atoms with E-state index >= 15 is 0 Å². The molecule has 1 aliphatic rings. The Labute approximate surface area is 106 Å². The van der Waals surface area contributed by atoms with E-state index in [-0.39, 0.29) is 0 Å². The molecule has 0 spiro atoms. The first-order valence-corrected chi connectivity index (χ1v) is 7.05. The van der Waals surface area contributed by atoms with Gasteiger partial charge in [0.2, 0.25) is 0 Å². The van der Waals surface area contributed by atoms with Crippen LogP contribution in [0.15, 0.2) is 24.3 Å². The predicted octanol–water partition coefficient (Wildman–Crippen LogP) is 4.23. The smallest absolute Gasteiger partial charge is 0.0291 e. The van der Waals surface area contributed by atoms with Crippen LogP contribution in [0.3, 0.4) is 0 Å². The highest BCUT2D eigenvalue weighted by Gasteiger charge is 2.14. The van der Waals surface area contributed by atoms with Gasteiger partial charge in [0.15, 0.2) is 0 Å². The Kier molecular flexibility index (Phi) is 4.61. The molecule has 0 bridgehead atoms. The molecule has 0 saturated heterocycles. The molecule has 94 valence electrons. The molecule has 1 unspecified atom stereocenters. The second-order valence-corrected chi connectivity index (χ2v) is 5.53. The highest BCUT2D eigenvalue weighted by Crippen LogP contribution is 2.27. The van der Waals surface area contributed by atoms with Gasteiger partial charge in [-0.05, 0) is 38.3 Å². The van der Waals surface area contributed by atoms with Gasteiger partial charge in [0.25, 0.3) is 0 Å². The lowest BCUT2D eigenvalue weighted by atomic mass is 10.0. The van der Waals surface area contributed by atoms with Crippen LogP contribution < -0.4 is 5.32 Å². The maximum Gasteiger partial charge on any atom is 0.0291 e. The zero-order valence-electron chi connectivity index (χ0n) is 11.2. The SMILES string of the molecule is Cc1ccc(C(C)NCCC2CCCC2)cc1. The largest absolute Gasteiger partial charge is 0.310 e. The first-order chi connectivity index (χ1) is 8.25. The summed E-state index contributed by atoms with van der Waals surface area (Å²) in [5.41, 5.74) is 2.74. The molecule has 1 N–H and O–H groups in total. The molecule has 17 heavy (non-hydrogen) atoms. The van der Waals surface area contributed by atoms with Crippen LogP contribution in [0.4, 0.5) is 0 Å². The van der Waals surface area contributed by atoms with E-state index in [1.165, 1.54) is 49.8 Å². The molecule has 1 atom stereocenters. The third kappa shape index (κ3) is 3.85. The lowest BCUT2D eigenvalue weighted by Gasteiger charge is -2.16. The van der Waals surface area contributed by atoms with E-state index in [2.05, 4.69) is 43.4 Å². The molecular formula is C16H25N. The fraction of sp³-hybridized carbons (Fsp3) is 0.625. The number of rotatable bonds is 5. The fourth-order valence-electron chi connectivity index (χ4n) is 2.78. The Bertz CT molecular complexity index is 322. The van der Waals surface area contributed by atoms with Crippen molar-refractivity contribution >= 4 is 0 Å². The van der Waals surface area contributed by atoms with Crippen molar-refractivity contribution in [1.29, 1.82) is 0 Å². The van der Waals surface area contributed by atoms with Crippen LogP contribution in [0, 0.1) is 12.8 Å². The maximum atomic E-state index is 3.65. The highest BCUT2D eigenvalue weighted by molar-refractivity contribution is 5.23. The molecule has 0 aliphatic heterocycles. The molecule has 2 rings (SSSR count). The standard InChI is InChI=1S/C16H25N/c1-13-7-9-16(10-8-13)14(2)17-12-11-15-5-3-4-6-15/h7-10,14-15,17H,3-6,11-12H2,1-2H3. The summed E-state index contributed by atoms with van der Waals surface area (Å²) in [5, 5.41) is 3.65. The third-order valence-corrected chi connectivity index (χ3v) is 4.06. The lowest BCUT2D eigenvalue weighted by molar-refractivity contribution is 0.455. The molecule has 0 radical (unpaired) electrons. The summed E-state index contributed by atoms with van der Waals surface area (Å²) in [4.78, 5) is 0. The second-order valence-electron chi connectivity index (χ2n) is 5.53. The zero-order chi connectivity index (χ0) is 12.1. The number of benzene rings is 1. The summed E-state index contributed by atoms with van der Waals surface area (Å²) in [5.74, 6) is 0.993. The summed E-state index contributed by atoms with van der Waals surface area (Å²) >= 11 is 0. The average Bonchev–Trinajstić information content (AvgIpc) is 2.83. The van der Waals surface area contributed by atoms with Crippen molar-refractivity contribution < 1.29 is 0 Å². The van der Waals surface area contributed by atoms with E-state index < -0.39 is 0 Å². The first kappa shape index (κ1) is 12.6. The first-order valence-electron chi connectivity index (χ1n) is 7.05. The molecule has 0 amide bonds. The summed E-state index contributed by atoms with van der Waals surface area (Å²) in [6.45, 7) is 5.57. The monoisotopic (exact) mass is 231 g/mol. The average molecular weight is 231 g/mol. The van der Waals surface area contributed by atoms with Gasteiger partial charge in [-0.2, -0.15) is 0 Å². The van der Waals surface area contributed by atoms with Gasteiger partial charge in [-0.1, -0.05) is 55.5 Å². The minimum absolute atomic E-state index is 0.483. The quantitative estimate of drug-likeness (QED) is 0.800. The van der Waals surface area contributed by atoms with Crippen molar-refractivity contribution in [2.24, 2.45) is 5.92 Å². The normalized spacial score (nSPS) is 18.5.